The molecule has 0 spiro atoms. The number of primary sulfonamides is 1. The van der Waals surface area contributed by atoms with Gasteiger partial charge in [-0.25, -0.2) is 18.6 Å². The largest absolute Gasteiger partial charge is 0.273 e. The van der Waals surface area contributed by atoms with E-state index in [1.165, 1.54) is 22.8 Å². The molecule has 5 nitrogen and oxygen atoms in total. The molecule has 1 atom stereocenters. The van der Waals surface area contributed by atoms with Crippen LogP contribution < -0.4 is 10.1 Å². The molecule has 3 aromatic rings. The van der Waals surface area contributed by atoms with Gasteiger partial charge >= 0.3 is 0 Å². The van der Waals surface area contributed by atoms with E-state index in [0.717, 1.165) is 16.9 Å². The van der Waals surface area contributed by atoms with Crippen LogP contribution in [-0.2, 0) is 10.0 Å². The summed E-state index contributed by atoms with van der Waals surface area (Å²) in [6, 6.07) is 21.5. The number of rotatable bonds is 3. The number of fused-ring (bicyclic) bond motifs is 1. The van der Waals surface area contributed by atoms with Gasteiger partial charge in [-0.05, 0) is 54.8 Å². The SMILES string of the molecule is Cc1cc(C)c2c(c1)N(c1cccc(S(N)(=O)=O)c1)N(C)C2c1ccccc1. The first-order valence-electron chi connectivity index (χ1n) is 9.09. The van der Waals surface area contributed by atoms with Crippen LogP contribution in [0.4, 0.5) is 11.4 Å². The lowest BCUT2D eigenvalue weighted by Crippen LogP contribution is -2.33. The normalized spacial score (nSPS) is 17.0. The van der Waals surface area contributed by atoms with E-state index in [4.69, 9.17) is 5.14 Å². The minimum absolute atomic E-state index is 0.0370. The third-order valence-electron chi connectivity index (χ3n) is 5.21. The van der Waals surface area contributed by atoms with E-state index < -0.39 is 10.0 Å². The van der Waals surface area contributed by atoms with Gasteiger partial charge in [0.25, 0.3) is 0 Å². The smallest absolute Gasteiger partial charge is 0.238 e. The van der Waals surface area contributed by atoms with Crippen LogP contribution in [0, 0.1) is 13.8 Å². The zero-order valence-corrected chi connectivity index (χ0v) is 16.9. The predicted octanol–water partition coefficient (Wildman–Crippen LogP) is 4.04. The third-order valence-corrected chi connectivity index (χ3v) is 6.12. The molecule has 6 heteroatoms. The van der Waals surface area contributed by atoms with Crippen molar-refractivity contribution in [1.82, 2.24) is 5.01 Å². The number of sulfonamides is 1. The Hall–Kier alpha value is -2.67. The highest BCUT2D eigenvalue weighted by atomic mass is 32.2. The summed E-state index contributed by atoms with van der Waals surface area (Å²) < 4.78 is 23.7. The summed E-state index contributed by atoms with van der Waals surface area (Å²) in [5.41, 5.74) is 6.59. The molecule has 1 aliphatic rings. The monoisotopic (exact) mass is 393 g/mol. The third kappa shape index (κ3) is 3.09. The van der Waals surface area contributed by atoms with Crippen LogP contribution in [-0.4, -0.2) is 20.5 Å². The van der Waals surface area contributed by atoms with Crippen LogP contribution >= 0.6 is 0 Å². The highest BCUT2D eigenvalue weighted by molar-refractivity contribution is 7.89. The molecule has 0 aliphatic carbocycles. The highest BCUT2D eigenvalue weighted by Gasteiger charge is 2.37. The molecule has 0 aromatic heterocycles. The van der Waals surface area contributed by atoms with E-state index >= 15 is 0 Å². The molecule has 0 fully saturated rings. The first-order valence-corrected chi connectivity index (χ1v) is 10.6. The lowest BCUT2D eigenvalue weighted by Gasteiger charge is -2.31. The van der Waals surface area contributed by atoms with Crippen LogP contribution in [0.25, 0.3) is 0 Å². The summed E-state index contributed by atoms with van der Waals surface area (Å²) in [6.45, 7) is 4.20. The number of nitrogens with zero attached hydrogens (tertiary/aromatic N) is 2. The zero-order chi connectivity index (χ0) is 20.1. The Bertz CT molecular complexity index is 1140. The lowest BCUT2D eigenvalue weighted by atomic mass is 9.93. The fraction of sp³-hybridized carbons (Fsp3) is 0.182. The number of benzene rings is 3. The van der Waals surface area contributed by atoms with Crippen LogP contribution in [0.3, 0.4) is 0 Å². The number of anilines is 2. The maximum absolute atomic E-state index is 11.9. The van der Waals surface area contributed by atoms with E-state index in [2.05, 4.69) is 48.1 Å². The molecular weight excluding hydrogens is 370 g/mol. The van der Waals surface area contributed by atoms with Gasteiger partial charge in [-0.15, -0.1) is 0 Å². The Morgan fingerprint density at radius 3 is 2.32 bits per heavy atom. The predicted molar refractivity (Wildman–Crippen MR) is 112 cm³/mol. The number of hydrogen-bond acceptors (Lipinski definition) is 4. The molecule has 28 heavy (non-hydrogen) atoms. The first kappa shape index (κ1) is 18.7. The number of nitrogens with two attached hydrogens (primary N) is 1. The van der Waals surface area contributed by atoms with E-state index in [9.17, 15) is 8.42 Å². The van der Waals surface area contributed by atoms with Crippen molar-refractivity contribution in [3.05, 3.63) is 89.0 Å². The summed E-state index contributed by atoms with van der Waals surface area (Å²) in [5, 5.41) is 9.58. The summed E-state index contributed by atoms with van der Waals surface area (Å²) >= 11 is 0. The molecule has 3 aromatic carbocycles. The van der Waals surface area contributed by atoms with Crippen molar-refractivity contribution in [3.8, 4) is 0 Å². The van der Waals surface area contributed by atoms with Crippen LogP contribution in [0.1, 0.15) is 28.3 Å². The van der Waals surface area contributed by atoms with Crippen molar-refractivity contribution in [2.24, 2.45) is 5.14 Å². The lowest BCUT2D eigenvalue weighted by molar-refractivity contribution is 0.310. The van der Waals surface area contributed by atoms with E-state index in [1.807, 2.05) is 31.3 Å². The van der Waals surface area contributed by atoms with Gasteiger partial charge in [0.05, 0.1) is 22.3 Å². The van der Waals surface area contributed by atoms with Crippen molar-refractivity contribution in [2.75, 3.05) is 12.1 Å². The molecule has 1 unspecified atom stereocenters. The second kappa shape index (κ2) is 6.74. The molecular formula is C22H23N3O2S. The molecule has 1 aliphatic heterocycles. The molecule has 4 rings (SSSR count). The molecule has 2 N–H and O–H groups in total. The highest BCUT2D eigenvalue weighted by Crippen LogP contribution is 2.48. The summed E-state index contributed by atoms with van der Waals surface area (Å²) in [4.78, 5) is 0.104. The van der Waals surface area contributed by atoms with Crippen LogP contribution in [0.2, 0.25) is 0 Å². The van der Waals surface area contributed by atoms with Crippen LogP contribution in [0.15, 0.2) is 71.6 Å². The van der Waals surface area contributed by atoms with Gasteiger partial charge in [0.2, 0.25) is 10.0 Å². The average Bonchev–Trinajstić information content (AvgIpc) is 2.94. The Labute approximate surface area is 166 Å². The molecule has 0 saturated carbocycles. The number of hydrogen-bond donors (Lipinski definition) is 1. The Balaban J connectivity index is 1.93. The average molecular weight is 394 g/mol. The van der Waals surface area contributed by atoms with E-state index in [0.29, 0.717) is 0 Å². The minimum atomic E-state index is -3.78. The molecule has 1 heterocycles. The van der Waals surface area contributed by atoms with Gasteiger partial charge < -0.3 is 0 Å². The standard InChI is InChI=1S/C22H23N3O2S/c1-15-12-16(2)21-20(13-15)25(18-10-7-11-19(14-18)28(23,26)27)24(3)22(21)17-8-5-4-6-9-17/h4-14,22H,1-3H3,(H2,23,26,27). The molecule has 0 saturated heterocycles. The molecule has 0 radical (unpaired) electrons. The van der Waals surface area contributed by atoms with Crippen LogP contribution in [0.5, 0.6) is 0 Å². The Morgan fingerprint density at radius 1 is 0.929 bits per heavy atom. The fourth-order valence-corrected chi connectivity index (χ4v) is 4.64. The molecule has 0 amide bonds. The van der Waals surface area contributed by atoms with E-state index in [1.54, 1.807) is 12.1 Å². The van der Waals surface area contributed by atoms with Crippen molar-refractivity contribution >= 4 is 21.4 Å². The van der Waals surface area contributed by atoms with Crippen molar-refractivity contribution in [1.29, 1.82) is 0 Å². The van der Waals surface area contributed by atoms with E-state index in [-0.39, 0.29) is 10.9 Å². The fourth-order valence-electron chi connectivity index (χ4n) is 4.09. The number of hydrazine groups is 1. The van der Waals surface area contributed by atoms with Gasteiger partial charge in [0, 0.05) is 12.6 Å². The van der Waals surface area contributed by atoms with Crippen molar-refractivity contribution in [3.63, 3.8) is 0 Å². The summed E-state index contributed by atoms with van der Waals surface area (Å²) in [5.74, 6) is 0. The molecule has 144 valence electrons. The van der Waals surface area contributed by atoms with Crippen molar-refractivity contribution < 1.29 is 8.42 Å². The Morgan fingerprint density at radius 2 is 1.64 bits per heavy atom. The zero-order valence-electron chi connectivity index (χ0n) is 16.1. The second-order valence-corrected chi connectivity index (χ2v) is 8.82. The van der Waals surface area contributed by atoms with Gasteiger partial charge in [-0.3, -0.25) is 5.01 Å². The Kier molecular flexibility index (Phi) is 4.50. The first-order chi connectivity index (χ1) is 13.3. The van der Waals surface area contributed by atoms with Gasteiger partial charge in [-0.1, -0.05) is 42.5 Å². The maximum atomic E-state index is 11.9. The van der Waals surface area contributed by atoms with Crippen molar-refractivity contribution in [2.45, 2.75) is 24.8 Å². The second-order valence-electron chi connectivity index (χ2n) is 7.26. The summed E-state index contributed by atoms with van der Waals surface area (Å²) in [6.07, 6.45) is 0. The molecule has 0 bridgehead atoms. The maximum Gasteiger partial charge on any atom is 0.238 e. The van der Waals surface area contributed by atoms with Gasteiger partial charge in [-0.2, -0.15) is 0 Å². The summed E-state index contributed by atoms with van der Waals surface area (Å²) in [7, 11) is -1.75. The number of aryl methyl sites for hydroxylation is 2. The topological polar surface area (TPSA) is 66.6 Å². The van der Waals surface area contributed by atoms with Gasteiger partial charge in [0.1, 0.15) is 0 Å². The van der Waals surface area contributed by atoms with Gasteiger partial charge in [0.15, 0.2) is 0 Å². The minimum Gasteiger partial charge on any atom is -0.273 e. The quantitative estimate of drug-likeness (QED) is 0.729.